The molecule has 1 aliphatic heterocycles. The maximum atomic E-state index is 12.9. The van der Waals surface area contributed by atoms with E-state index in [-0.39, 0.29) is 33.8 Å². The van der Waals surface area contributed by atoms with Gasteiger partial charge < -0.3 is 19.9 Å². The Bertz CT molecular complexity index is 1310. The molecular formula is C24H17Cl2N3O5. The molecule has 4 rings (SSSR count). The van der Waals surface area contributed by atoms with Crippen molar-refractivity contribution in [3.63, 3.8) is 0 Å². The summed E-state index contributed by atoms with van der Waals surface area (Å²) in [5.41, 5.74) is 3.41. The highest BCUT2D eigenvalue weighted by Gasteiger charge is 2.17. The largest absolute Gasteiger partial charge is 0.506 e. The van der Waals surface area contributed by atoms with Gasteiger partial charge in [0.15, 0.2) is 11.5 Å². The summed E-state index contributed by atoms with van der Waals surface area (Å²) < 4.78 is 10.7. The van der Waals surface area contributed by atoms with Crippen LogP contribution in [0.25, 0.3) is 6.08 Å². The van der Waals surface area contributed by atoms with Gasteiger partial charge in [0.25, 0.3) is 11.8 Å². The summed E-state index contributed by atoms with van der Waals surface area (Å²) in [7, 11) is 0. The van der Waals surface area contributed by atoms with Gasteiger partial charge in [-0.1, -0.05) is 47.5 Å². The molecule has 1 heterocycles. The van der Waals surface area contributed by atoms with Crippen molar-refractivity contribution in [3.05, 3.63) is 93.1 Å². The molecule has 3 aromatic carbocycles. The number of hydrogen-bond acceptors (Lipinski definition) is 6. The van der Waals surface area contributed by atoms with E-state index in [1.165, 1.54) is 24.4 Å². The van der Waals surface area contributed by atoms with Crippen molar-refractivity contribution in [2.45, 2.75) is 0 Å². The average Bonchev–Trinajstić information content (AvgIpc) is 3.30. The maximum Gasteiger partial charge on any atom is 0.287 e. The number of hydrazone groups is 1. The second-order valence-corrected chi connectivity index (χ2v) is 7.86. The van der Waals surface area contributed by atoms with Crippen LogP contribution in [0.15, 0.2) is 71.5 Å². The van der Waals surface area contributed by atoms with E-state index in [4.69, 9.17) is 32.7 Å². The number of rotatable bonds is 6. The highest BCUT2D eigenvalue weighted by molar-refractivity contribution is 6.36. The highest BCUT2D eigenvalue weighted by atomic mass is 35.5. The predicted octanol–water partition coefficient (Wildman–Crippen LogP) is 4.35. The molecule has 0 bridgehead atoms. The van der Waals surface area contributed by atoms with Gasteiger partial charge in [-0.05, 0) is 48.0 Å². The zero-order valence-corrected chi connectivity index (χ0v) is 18.9. The van der Waals surface area contributed by atoms with Gasteiger partial charge in [-0.2, -0.15) is 5.10 Å². The molecule has 0 atom stereocenters. The van der Waals surface area contributed by atoms with Crippen LogP contribution in [0.4, 0.5) is 0 Å². The smallest absolute Gasteiger partial charge is 0.287 e. The molecule has 34 heavy (non-hydrogen) atoms. The number of carbonyl (C=O) groups excluding carboxylic acids is 2. The number of benzene rings is 3. The first-order chi connectivity index (χ1) is 16.4. The normalized spacial score (nSPS) is 12.6. The fourth-order valence-electron chi connectivity index (χ4n) is 3.02. The summed E-state index contributed by atoms with van der Waals surface area (Å²) in [6.07, 6.45) is 2.66. The molecule has 10 heteroatoms. The number of halogens is 2. The number of ether oxygens (including phenoxy) is 2. The molecule has 0 aromatic heterocycles. The number of carbonyl (C=O) groups is 2. The summed E-state index contributed by atoms with van der Waals surface area (Å²) in [6.45, 7) is 0.107. The van der Waals surface area contributed by atoms with Crippen LogP contribution in [-0.2, 0) is 4.79 Å². The number of phenolic OH excluding ortho intramolecular Hbond substituents is 1. The SMILES string of the molecule is O=C(NN=Cc1cc(Cl)cc(Cl)c1O)C(=Cc1ccc2c(c1)OCO2)NC(=O)c1ccccc1. The summed E-state index contributed by atoms with van der Waals surface area (Å²) in [5, 5.41) is 16.8. The minimum Gasteiger partial charge on any atom is -0.506 e. The molecule has 2 amide bonds. The molecule has 8 nitrogen and oxygen atoms in total. The van der Waals surface area contributed by atoms with E-state index in [0.717, 1.165) is 0 Å². The van der Waals surface area contributed by atoms with E-state index in [1.807, 2.05) is 0 Å². The van der Waals surface area contributed by atoms with Crippen LogP contribution >= 0.6 is 23.2 Å². The van der Waals surface area contributed by atoms with Crippen molar-refractivity contribution in [2.24, 2.45) is 5.10 Å². The van der Waals surface area contributed by atoms with Crippen molar-refractivity contribution in [2.75, 3.05) is 6.79 Å². The fourth-order valence-corrected chi connectivity index (χ4v) is 3.53. The number of phenols is 1. The Kier molecular flexibility index (Phi) is 7.01. The molecule has 172 valence electrons. The van der Waals surface area contributed by atoms with Crippen LogP contribution in [-0.4, -0.2) is 29.9 Å². The maximum absolute atomic E-state index is 12.9. The Morgan fingerprint density at radius 2 is 1.76 bits per heavy atom. The van der Waals surface area contributed by atoms with Crippen LogP contribution in [0.1, 0.15) is 21.5 Å². The quantitative estimate of drug-likeness (QED) is 0.266. The van der Waals surface area contributed by atoms with Crippen molar-refractivity contribution in [1.29, 1.82) is 0 Å². The van der Waals surface area contributed by atoms with E-state index in [9.17, 15) is 14.7 Å². The monoisotopic (exact) mass is 497 g/mol. The summed E-state index contributed by atoms with van der Waals surface area (Å²) in [6, 6.07) is 16.3. The van der Waals surface area contributed by atoms with Gasteiger partial charge in [0, 0.05) is 16.1 Å². The third kappa shape index (κ3) is 5.48. The van der Waals surface area contributed by atoms with Crippen molar-refractivity contribution in [3.8, 4) is 17.2 Å². The van der Waals surface area contributed by atoms with Gasteiger partial charge in [0.2, 0.25) is 6.79 Å². The number of hydrogen-bond donors (Lipinski definition) is 3. The second kappa shape index (κ2) is 10.3. The van der Waals surface area contributed by atoms with E-state index in [1.54, 1.807) is 48.5 Å². The molecule has 3 N–H and O–H groups in total. The number of nitrogens with one attached hydrogen (secondary N) is 2. The van der Waals surface area contributed by atoms with E-state index >= 15 is 0 Å². The lowest BCUT2D eigenvalue weighted by Crippen LogP contribution is -2.32. The molecule has 3 aromatic rings. The lowest BCUT2D eigenvalue weighted by Gasteiger charge is -2.09. The second-order valence-electron chi connectivity index (χ2n) is 7.02. The van der Waals surface area contributed by atoms with E-state index < -0.39 is 11.8 Å². The third-order valence-electron chi connectivity index (χ3n) is 4.66. The lowest BCUT2D eigenvalue weighted by molar-refractivity contribution is -0.117. The summed E-state index contributed by atoms with van der Waals surface area (Å²) in [5.74, 6) is -0.315. The van der Waals surface area contributed by atoms with Crippen molar-refractivity contribution in [1.82, 2.24) is 10.7 Å². The van der Waals surface area contributed by atoms with Gasteiger partial charge >= 0.3 is 0 Å². The summed E-state index contributed by atoms with van der Waals surface area (Å²) >= 11 is 11.8. The number of aromatic hydroxyl groups is 1. The molecule has 0 saturated heterocycles. The lowest BCUT2D eigenvalue weighted by atomic mass is 10.1. The summed E-state index contributed by atoms with van der Waals surface area (Å²) in [4.78, 5) is 25.6. The van der Waals surface area contributed by atoms with Crippen LogP contribution in [0.3, 0.4) is 0 Å². The fraction of sp³-hybridized carbons (Fsp3) is 0.0417. The molecule has 0 fully saturated rings. The van der Waals surface area contributed by atoms with Gasteiger partial charge in [0.1, 0.15) is 11.4 Å². The molecule has 0 spiro atoms. The van der Waals surface area contributed by atoms with Crippen molar-refractivity contribution >= 4 is 47.3 Å². The van der Waals surface area contributed by atoms with Crippen LogP contribution in [0, 0.1) is 0 Å². The minimum atomic E-state index is -0.703. The highest BCUT2D eigenvalue weighted by Crippen LogP contribution is 2.33. The van der Waals surface area contributed by atoms with Gasteiger partial charge in [-0.15, -0.1) is 0 Å². The Morgan fingerprint density at radius 1 is 1.00 bits per heavy atom. The molecule has 0 unspecified atom stereocenters. The zero-order chi connectivity index (χ0) is 24.1. The molecule has 0 aliphatic carbocycles. The van der Waals surface area contributed by atoms with Crippen LogP contribution in [0.5, 0.6) is 17.2 Å². The first-order valence-electron chi connectivity index (χ1n) is 9.90. The van der Waals surface area contributed by atoms with Crippen molar-refractivity contribution < 1.29 is 24.2 Å². The first-order valence-corrected chi connectivity index (χ1v) is 10.7. The van der Waals surface area contributed by atoms with Gasteiger partial charge in [-0.3, -0.25) is 9.59 Å². The standard InChI is InChI=1S/C24H17Cl2N3O5/c25-17-10-16(22(30)18(26)11-17)12-27-29-24(32)19(28-23(31)15-4-2-1-3-5-15)8-14-6-7-20-21(9-14)34-13-33-20/h1-12,30H,13H2,(H,28,31)(H,29,32). The topological polar surface area (TPSA) is 109 Å². The molecule has 0 radical (unpaired) electrons. The Morgan fingerprint density at radius 3 is 2.56 bits per heavy atom. The predicted molar refractivity (Wildman–Crippen MR) is 128 cm³/mol. The molecular weight excluding hydrogens is 481 g/mol. The molecule has 0 saturated carbocycles. The van der Waals surface area contributed by atoms with Gasteiger partial charge in [-0.25, -0.2) is 5.43 Å². The van der Waals surface area contributed by atoms with Crippen LogP contribution < -0.4 is 20.2 Å². The first kappa shape index (κ1) is 23.2. The number of nitrogens with zero attached hydrogens (tertiary/aromatic N) is 1. The van der Waals surface area contributed by atoms with E-state index in [0.29, 0.717) is 22.6 Å². The third-order valence-corrected chi connectivity index (χ3v) is 5.17. The Hall–Kier alpha value is -4.01. The molecule has 1 aliphatic rings. The number of fused-ring (bicyclic) bond motifs is 1. The number of amides is 2. The Labute approximate surface area is 204 Å². The zero-order valence-electron chi connectivity index (χ0n) is 17.4. The average molecular weight is 498 g/mol. The Balaban J connectivity index is 1.58. The van der Waals surface area contributed by atoms with Gasteiger partial charge in [0.05, 0.1) is 11.2 Å². The van der Waals surface area contributed by atoms with E-state index in [2.05, 4.69) is 15.8 Å². The van der Waals surface area contributed by atoms with Crippen LogP contribution in [0.2, 0.25) is 10.0 Å². The minimum absolute atomic E-state index is 0.0405.